The van der Waals surface area contributed by atoms with E-state index in [9.17, 15) is 5.11 Å². The Hall–Kier alpha value is -2.70. The first kappa shape index (κ1) is 19.6. The van der Waals surface area contributed by atoms with E-state index in [0.29, 0.717) is 5.95 Å². The van der Waals surface area contributed by atoms with Crippen LogP contribution in [0, 0.1) is 0 Å². The van der Waals surface area contributed by atoms with Gasteiger partial charge in [0.2, 0.25) is 5.95 Å². The predicted molar refractivity (Wildman–Crippen MR) is 120 cm³/mol. The van der Waals surface area contributed by atoms with Crippen molar-refractivity contribution in [3.63, 3.8) is 0 Å². The number of anilines is 1. The smallest absolute Gasteiger partial charge is 0.223 e. The molecule has 1 aliphatic rings. The van der Waals surface area contributed by atoms with Gasteiger partial charge in [-0.2, -0.15) is 0 Å². The summed E-state index contributed by atoms with van der Waals surface area (Å²) in [5, 5.41) is 16.1. The molecule has 0 aliphatic carbocycles. The molecular formula is C23H26N4OS. The number of piperidine rings is 1. The summed E-state index contributed by atoms with van der Waals surface area (Å²) in [6.45, 7) is 8.54. The molecule has 150 valence electrons. The lowest BCUT2D eigenvalue weighted by Crippen LogP contribution is -2.48. The molecular weight excluding hydrogens is 380 g/mol. The number of rotatable bonds is 5. The first-order valence-electron chi connectivity index (χ1n) is 9.78. The van der Waals surface area contributed by atoms with E-state index in [0.717, 1.165) is 40.2 Å². The van der Waals surface area contributed by atoms with Crippen molar-refractivity contribution in [1.82, 2.24) is 15.3 Å². The molecule has 2 aromatic heterocycles. The van der Waals surface area contributed by atoms with Crippen LogP contribution in [0.1, 0.15) is 32.3 Å². The molecule has 6 heteroatoms. The average molecular weight is 407 g/mol. The lowest BCUT2D eigenvalue weighted by atomic mass is 9.88. The van der Waals surface area contributed by atoms with Gasteiger partial charge < -0.3 is 15.7 Å². The summed E-state index contributed by atoms with van der Waals surface area (Å²) in [5.41, 5.74) is 4.03. The summed E-state index contributed by atoms with van der Waals surface area (Å²) >= 11 is 1.70. The highest BCUT2D eigenvalue weighted by atomic mass is 32.1. The molecule has 3 N–H and O–H groups in total. The largest absolute Gasteiger partial charge is 0.392 e. The molecule has 0 radical (unpaired) electrons. The predicted octanol–water partition coefficient (Wildman–Crippen LogP) is 4.82. The molecule has 1 fully saturated rings. The number of nitrogens with one attached hydrogen (secondary N) is 2. The van der Waals surface area contributed by atoms with Gasteiger partial charge in [-0.3, -0.25) is 0 Å². The van der Waals surface area contributed by atoms with Gasteiger partial charge in [-0.25, -0.2) is 9.97 Å². The zero-order chi connectivity index (χ0) is 20.4. The maximum Gasteiger partial charge on any atom is 0.223 e. The molecule has 1 aromatic carbocycles. The molecule has 3 aromatic rings. The van der Waals surface area contributed by atoms with Gasteiger partial charge in [-0.15, -0.1) is 11.3 Å². The minimum Gasteiger partial charge on any atom is -0.392 e. The summed E-state index contributed by atoms with van der Waals surface area (Å²) in [5.74, 6) is 0.653. The number of aromatic nitrogens is 2. The molecule has 0 spiro atoms. The standard InChI is InChI=1S/C23H26N4OS/c1-15-12-18(13-23(2,3)27-15)25-22-24-11-10-19(26-22)21-9-8-20(29-21)17-6-4-16(14-28)5-7-17/h4-11,18,27-28H,1,12-14H2,2-3H3,(H,24,25,26). The lowest BCUT2D eigenvalue weighted by molar-refractivity contribution is 0.282. The Morgan fingerprint density at radius 2 is 1.93 bits per heavy atom. The Morgan fingerprint density at radius 3 is 2.66 bits per heavy atom. The monoisotopic (exact) mass is 406 g/mol. The van der Waals surface area contributed by atoms with E-state index >= 15 is 0 Å². The average Bonchev–Trinajstić information content (AvgIpc) is 3.17. The van der Waals surface area contributed by atoms with Gasteiger partial charge in [0.25, 0.3) is 0 Å². The first-order chi connectivity index (χ1) is 13.9. The second kappa shape index (κ2) is 7.97. The second-order valence-corrected chi connectivity index (χ2v) is 9.23. The van der Waals surface area contributed by atoms with E-state index in [2.05, 4.69) is 48.2 Å². The van der Waals surface area contributed by atoms with Crippen molar-refractivity contribution in [2.75, 3.05) is 5.32 Å². The zero-order valence-corrected chi connectivity index (χ0v) is 17.6. The van der Waals surface area contributed by atoms with Crippen molar-refractivity contribution in [2.45, 2.75) is 44.9 Å². The van der Waals surface area contributed by atoms with E-state index in [1.54, 1.807) is 17.5 Å². The number of hydrogen-bond donors (Lipinski definition) is 3. The van der Waals surface area contributed by atoms with Gasteiger partial charge in [0.1, 0.15) is 0 Å². The highest BCUT2D eigenvalue weighted by Crippen LogP contribution is 2.34. The topological polar surface area (TPSA) is 70.1 Å². The third-order valence-corrected chi connectivity index (χ3v) is 6.19. The van der Waals surface area contributed by atoms with Crippen molar-refractivity contribution in [3.05, 3.63) is 66.5 Å². The minimum atomic E-state index is 0.0127. The Labute approximate surface area is 175 Å². The van der Waals surface area contributed by atoms with E-state index in [-0.39, 0.29) is 18.2 Å². The molecule has 1 aliphatic heterocycles. The molecule has 29 heavy (non-hydrogen) atoms. The third kappa shape index (κ3) is 4.66. The highest BCUT2D eigenvalue weighted by molar-refractivity contribution is 7.18. The van der Waals surface area contributed by atoms with Crippen LogP contribution in [0.15, 0.2) is 60.9 Å². The molecule has 0 bridgehead atoms. The summed E-state index contributed by atoms with van der Waals surface area (Å²) in [6, 6.07) is 14.4. The summed E-state index contributed by atoms with van der Waals surface area (Å²) < 4.78 is 0. The van der Waals surface area contributed by atoms with Crippen LogP contribution >= 0.6 is 11.3 Å². The summed E-state index contributed by atoms with van der Waals surface area (Å²) in [4.78, 5) is 11.5. The molecule has 3 heterocycles. The van der Waals surface area contributed by atoms with Crippen LogP contribution in [0.2, 0.25) is 0 Å². The molecule has 1 saturated heterocycles. The number of hydrogen-bond acceptors (Lipinski definition) is 6. The van der Waals surface area contributed by atoms with Crippen LogP contribution < -0.4 is 10.6 Å². The van der Waals surface area contributed by atoms with Crippen LogP contribution in [-0.4, -0.2) is 26.7 Å². The van der Waals surface area contributed by atoms with E-state index in [4.69, 9.17) is 4.98 Å². The number of benzene rings is 1. The molecule has 4 rings (SSSR count). The quantitative estimate of drug-likeness (QED) is 0.567. The van der Waals surface area contributed by atoms with Gasteiger partial charge in [0, 0.05) is 34.8 Å². The normalized spacial score (nSPS) is 18.3. The van der Waals surface area contributed by atoms with Gasteiger partial charge in [0.05, 0.1) is 17.2 Å². The minimum absolute atomic E-state index is 0.0127. The fourth-order valence-corrected chi connectivity index (χ4v) is 4.80. The van der Waals surface area contributed by atoms with Crippen molar-refractivity contribution in [2.24, 2.45) is 0 Å². The van der Waals surface area contributed by atoms with E-state index < -0.39 is 0 Å². The Balaban J connectivity index is 1.51. The number of nitrogens with zero attached hydrogens (tertiary/aromatic N) is 2. The maximum absolute atomic E-state index is 9.21. The van der Waals surface area contributed by atoms with Crippen molar-refractivity contribution in [1.29, 1.82) is 0 Å². The molecule has 5 nitrogen and oxygen atoms in total. The number of aliphatic hydroxyl groups is 1. The van der Waals surface area contributed by atoms with Gasteiger partial charge in [0.15, 0.2) is 0 Å². The Morgan fingerprint density at radius 1 is 1.17 bits per heavy atom. The fraction of sp³-hybridized carbons (Fsp3) is 0.304. The van der Waals surface area contributed by atoms with Gasteiger partial charge >= 0.3 is 0 Å². The summed E-state index contributed by atoms with van der Waals surface area (Å²) in [6.07, 6.45) is 3.65. The number of thiophene rings is 1. The molecule has 0 amide bonds. The molecule has 0 saturated carbocycles. The Bertz CT molecular complexity index is 1010. The van der Waals surface area contributed by atoms with E-state index in [1.807, 2.05) is 30.3 Å². The third-order valence-electron chi connectivity index (χ3n) is 5.03. The maximum atomic E-state index is 9.21. The van der Waals surface area contributed by atoms with Crippen LogP contribution in [-0.2, 0) is 6.61 Å². The van der Waals surface area contributed by atoms with E-state index in [1.165, 1.54) is 4.88 Å². The fourth-order valence-electron chi connectivity index (χ4n) is 3.82. The molecule has 1 unspecified atom stereocenters. The second-order valence-electron chi connectivity index (χ2n) is 8.15. The highest BCUT2D eigenvalue weighted by Gasteiger charge is 2.29. The van der Waals surface area contributed by atoms with Crippen molar-refractivity contribution in [3.8, 4) is 21.0 Å². The first-order valence-corrected chi connectivity index (χ1v) is 10.6. The van der Waals surface area contributed by atoms with Gasteiger partial charge in [-0.05, 0) is 49.6 Å². The number of aliphatic hydroxyl groups excluding tert-OH is 1. The van der Waals surface area contributed by atoms with Crippen LogP contribution in [0.25, 0.3) is 21.0 Å². The van der Waals surface area contributed by atoms with Crippen LogP contribution in [0.3, 0.4) is 0 Å². The SMILES string of the molecule is C=C1CC(Nc2nccc(-c3ccc(-c4ccc(CO)cc4)s3)n2)CC(C)(C)N1. The lowest BCUT2D eigenvalue weighted by Gasteiger charge is -2.38. The Kier molecular flexibility index (Phi) is 5.39. The van der Waals surface area contributed by atoms with Gasteiger partial charge in [-0.1, -0.05) is 30.8 Å². The van der Waals surface area contributed by atoms with Crippen LogP contribution in [0.4, 0.5) is 5.95 Å². The van der Waals surface area contributed by atoms with Crippen molar-refractivity contribution < 1.29 is 5.11 Å². The van der Waals surface area contributed by atoms with Crippen LogP contribution in [0.5, 0.6) is 0 Å². The summed E-state index contributed by atoms with van der Waals surface area (Å²) in [7, 11) is 0. The molecule has 1 atom stereocenters. The van der Waals surface area contributed by atoms with Crippen molar-refractivity contribution >= 4 is 17.3 Å². The zero-order valence-electron chi connectivity index (χ0n) is 16.8.